The van der Waals surface area contributed by atoms with Crippen LogP contribution in [0.2, 0.25) is 0 Å². The molecule has 0 aromatic rings. The van der Waals surface area contributed by atoms with E-state index in [0.29, 0.717) is 12.8 Å². The molecule has 19 heavy (non-hydrogen) atoms. The van der Waals surface area contributed by atoms with Gasteiger partial charge in [-0.1, -0.05) is 0 Å². The number of aliphatic hydroxyl groups is 1. The molecule has 2 aliphatic rings. The highest BCUT2D eigenvalue weighted by molar-refractivity contribution is 7.87. The second-order valence-electron chi connectivity index (χ2n) is 5.50. The van der Waals surface area contributed by atoms with Crippen molar-refractivity contribution in [1.29, 1.82) is 0 Å². The van der Waals surface area contributed by atoms with Crippen LogP contribution < -0.4 is 4.72 Å². The van der Waals surface area contributed by atoms with Crippen LogP contribution in [0.15, 0.2) is 0 Å². The number of carbonyl (C=O) groups is 1. The number of piperidine rings is 1. The van der Waals surface area contributed by atoms with E-state index < -0.39 is 22.1 Å². The molecule has 0 aromatic carbocycles. The minimum Gasteiger partial charge on any atom is -0.481 e. The van der Waals surface area contributed by atoms with E-state index in [1.54, 1.807) is 0 Å². The lowest BCUT2D eigenvalue weighted by Crippen LogP contribution is -2.47. The third-order valence-electron chi connectivity index (χ3n) is 4.07. The number of nitrogens with one attached hydrogen (secondary N) is 1. The quantitative estimate of drug-likeness (QED) is 0.605. The van der Waals surface area contributed by atoms with E-state index in [2.05, 4.69) is 4.72 Å². The smallest absolute Gasteiger partial charge is 0.306 e. The summed E-state index contributed by atoms with van der Waals surface area (Å²) in [7, 11) is -3.56. The number of aliphatic hydroxyl groups excluding tert-OH is 1. The largest absolute Gasteiger partial charge is 0.481 e. The molecule has 1 aliphatic heterocycles. The van der Waals surface area contributed by atoms with Crippen molar-refractivity contribution in [3.8, 4) is 0 Å². The Bertz CT molecular complexity index is 438. The Balaban J connectivity index is 1.85. The Morgan fingerprint density at radius 3 is 2.32 bits per heavy atom. The predicted molar refractivity (Wildman–Crippen MR) is 67.6 cm³/mol. The molecule has 0 amide bonds. The van der Waals surface area contributed by atoms with Crippen molar-refractivity contribution in [3.63, 3.8) is 0 Å². The highest BCUT2D eigenvalue weighted by atomic mass is 32.2. The summed E-state index contributed by atoms with van der Waals surface area (Å²) in [5.41, 5.74) is -0.271. The molecular formula is C11H20N2O5S. The summed E-state index contributed by atoms with van der Waals surface area (Å²) in [5.74, 6) is -1.30. The molecule has 0 bridgehead atoms. The van der Waals surface area contributed by atoms with Crippen molar-refractivity contribution in [2.24, 2.45) is 11.3 Å². The molecule has 0 spiro atoms. The van der Waals surface area contributed by atoms with Crippen LogP contribution in [0.4, 0.5) is 0 Å². The molecule has 0 unspecified atom stereocenters. The highest BCUT2D eigenvalue weighted by Crippen LogP contribution is 2.44. The zero-order valence-electron chi connectivity index (χ0n) is 10.7. The van der Waals surface area contributed by atoms with Crippen LogP contribution in [0, 0.1) is 11.3 Å². The third-order valence-corrected chi connectivity index (χ3v) is 5.62. The lowest BCUT2D eigenvalue weighted by Gasteiger charge is -2.29. The molecule has 7 nitrogen and oxygen atoms in total. The summed E-state index contributed by atoms with van der Waals surface area (Å²) in [4.78, 5) is 10.8. The highest BCUT2D eigenvalue weighted by Gasteiger charge is 2.43. The standard InChI is InChI=1S/C11H20N2O5S/c14-8-11(3-4-11)7-12-19(17,18)13-5-1-9(2-6-13)10(15)16/h9,12,14H,1-8H2,(H,15,16). The molecular weight excluding hydrogens is 272 g/mol. The number of nitrogens with zero attached hydrogens (tertiary/aromatic N) is 1. The van der Waals surface area contributed by atoms with Gasteiger partial charge in [0.05, 0.1) is 5.92 Å². The maximum absolute atomic E-state index is 12.0. The summed E-state index contributed by atoms with van der Waals surface area (Å²) < 4.78 is 27.9. The second-order valence-corrected chi connectivity index (χ2v) is 7.25. The number of hydrogen-bond acceptors (Lipinski definition) is 4. The third kappa shape index (κ3) is 3.44. The summed E-state index contributed by atoms with van der Waals surface area (Å²) in [6.45, 7) is 0.720. The summed E-state index contributed by atoms with van der Waals surface area (Å²) in [5, 5.41) is 18.0. The van der Waals surface area contributed by atoms with E-state index in [0.717, 1.165) is 12.8 Å². The second kappa shape index (κ2) is 5.35. The molecule has 2 rings (SSSR count). The van der Waals surface area contributed by atoms with E-state index in [4.69, 9.17) is 10.2 Å². The lowest BCUT2D eigenvalue weighted by molar-refractivity contribution is -0.142. The van der Waals surface area contributed by atoms with E-state index in [1.165, 1.54) is 4.31 Å². The van der Waals surface area contributed by atoms with Gasteiger partial charge in [-0.05, 0) is 25.7 Å². The first-order valence-electron chi connectivity index (χ1n) is 6.47. The normalized spacial score (nSPS) is 24.3. The molecule has 0 atom stereocenters. The van der Waals surface area contributed by atoms with Crippen LogP contribution in [-0.2, 0) is 15.0 Å². The fourth-order valence-corrected chi connectivity index (χ4v) is 3.61. The van der Waals surface area contributed by atoms with Crippen molar-refractivity contribution in [1.82, 2.24) is 9.03 Å². The average Bonchev–Trinajstić information content (AvgIpc) is 3.17. The first-order chi connectivity index (χ1) is 8.88. The number of carboxylic acids is 1. The van der Waals surface area contributed by atoms with Gasteiger partial charge in [0.1, 0.15) is 0 Å². The Morgan fingerprint density at radius 2 is 1.89 bits per heavy atom. The van der Waals surface area contributed by atoms with E-state index in [-0.39, 0.29) is 31.7 Å². The van der Waals surface area contributed by atoms with Crippen LogP contribution in [0.25, 0.3) is 0 Å². The van der Waals surface area contributed by atoms with E-state index in [9.17, 15) is 13.2 Å². The van der Waals surface area contributed by atoms with Gasteiger partial charge in [-0.3, -0.25) is 4.79 Å². The maximum Gasteiger partial charge on any atom is 0.306 e. The van der Waals surface area contributed by atoms with Crippen molar-refractivity contribution >= 4 is 16.2 Å². The van der Waals surface area contributed by atoms with Crippen molar-refractivity contribution < 1.29 is 23.4 Å². The van der Waals surface area contributed by atoms with Crippen molar-refractivity contribution in [2.75, 3.05) is 26.2 Å². The van der Waals surface area contributed by atoms with Gasteiger partial charge in [-0.25, -0.2) is 4.72 Å². The summed E-state index contributed by atoms with van der Waals surface area (Å²) in [6.07, 6.45) is 2.38. The minimum atomic E-state index is -3.56. The van der Waals surface area contributed by atoms with Crippen LogP contribution in [0.1, 0.15) is 25.7 Å². The lowest BCUT2D eigenvalue weighted by atomic mass is 9.99. The summed E-state index contributed by atoms with van der Waals surface area (Å²) >= 11 is 0. The SMILES string of the molecule is O=C(O)C1CCN(S(=O)(=O)NCC2(CO)CC2)CC1. The molecule has 8 heteroatoms. The summed E-state index contributed by atoms with van der Waals surface area (Å²) in [6, 6.07) is 0. The Morgan fingerprint density at radius 1 is 1.32 bits per heavy atom. The van der Waals surface area contributed by atoms with Gasteiger partial charge in [0.2, 0.25) is 0 Å². The Hall–Kier alpha value is -0.700. The molecule has 3 N–H and O–H groups in total. The van der Waals surface area contributed by atoms with Crippen molar-refractivity contribution in [2.45, 2.75) is 25.7 Å². The van der Waals surface area contributed by atoms with Gasteiger partial charge in [0.15, 0.2) is 0 Å². The molecule has 1 aliphatic carbocycles. The number of rotatable bonds is 6. The van der Waals surface area contributed by atoms with Crippen molar-refractivity contribution in [3.05, 3.63) is 0 Å². The average molecular weight is 292 g/mol. The van der Waals surface area contributed by atoms with Gasteiger partial charge in [0.25, 0.3) is 10.2 Å². The molecule has 0 aromatic heterocycles. The predicted octanol–water partition coefficient (Wildman–Crippen LogP) is -0.610. The first kappa shape index (κ1) is 14.7. The molecule has 1 heterocycles. The first-order valence-corrected chi connectivity index (χ1v) is 7.91. The molecule has 1 saturated carbocycles. The molecule has 110 valence electrons. The monoisotopic (exact) mass is 292 g/mol. The number of carboxylic acid groups (broad SMARTS) is 1. The van der Waals surface area contributed by atoms with Gasteiger partial charge < -0.3 is 10.2 Å². The molecule has 0 radical (unpaired) electrons. The zero-order valence-corrected chi connectivity index (χ0v) is 11.5. The fourth-order valence-electron chi connectivity index (χ4n) is 2.25. The Kier molecular flexibility index (Phi) is 4.14. The van der Waals surface area contributed by atoms with Gasteiger partial charge in [-0.2, -0.15) is 12.7 Å². The Labute approximate surface area is 112 Å². The maximum atomic E-state index is 12.0. The minimum absolute atomic E-state index is 0.00336. The van der Waals surface area contributed by atoms with Gasteiger partial charge in [-0.15, -0.1) is 0 Å². The van der Waals surface area contributed by atoms with Crippen LogP contribution in [0.3, 0.4) is 0 Å². The van der Waals surface area contributed by atoms with E-state index >= 15 is 0 Å². The zero-order chi connectivity index (χ0) is 14.1. The van der Waals surface area contributed by atoms with Crippen LogP contribution in [0.5, 0.6) is 0 Å². The molecule has 1 saturated heterocycles. The number of hydrogen-bond donors (Lipinski definition) is 3. The molecule has 2 fully saturated rings. The van der Waals surface area contributed by atoms with Crippen LogP contribution >= 0.6 is 0 Å². The fraction of sp³-hybridized carbons (Fsp3) is 0.909. The van der Waals surface area contributed by atoms with E-state index in [1.807, 2.05) is 0 Å². The number of aliphatic carboxylic acids is 1. The van der Waals surface area contributed by atoms with Crippen LogP contribution in [-0.4, -0.2) is 55.1 Å². The topological polar surface area (TPSA) is 107 Å². The van der Waals surface area contributed by atoms with Gasteiger partial charge in [0, 0.05) is 31.7 Å². The van der Waals surface area contributed by atoms with Gasteiger partial charge >= 0.3 is 5.97 Å².